The number of para-hydroxylation sites is 1. The van der Waals surface area contributed by atoms with Crippen molar-refractivity contribution in [2.45, 2.75) is 13.5 Å². The zero-order valence-corrected chi connectivity index (χ0v) is 22.4. The molecule has 4 rings (SSSR count). The van der Waals surface area contributed by atoms with E-state index in [1.165, 1.54) is 3.57 Å². The number of rotatable bonds is 8. The summed E-state index contributed by atoms with van der Waals surface area (Å²) in [6.45, 7) is 5.41. The summed E-state index contributed by atoms with van der Waals surface area (Å²) >= 11 is 2.27. The molecule has 1 saturated heterocycles. The van der Waals surface area contributed by atoms with Crippen LogP contribution in [0.2, 0.25) is 0 Å². The summed E-state index contributed by atoms with van der Waals surface area (Å²) in [5, 5.41) is 9.74. The molecule has 0 bridgehead atoms. The number of nitriles is 1. The molecule has 1 amide bonds. The number of halogens is 1. The Balaban J connectivity index is 1.44. The molecule has 1 heterocycles. The molecular formula is C29H28IN3O3. The first kappa shape index (κ1) is 25.6. The predicted molar refractivity (Wildman–Crippen MR) is 150 cm³/mol. The van der Waals surface area contributed by atoms with Crippen molar-refractivity contribution in [1.29, 1.82) is 5.26 Å². The summed E-state index contributed by atoms with van der Waals surface area (Å²) in [7, 11) is 0. The highest BCUT2D eigenvalue weighted by Crippen LogP contribution is 2.30. The van der Waals surface area contributed by atoms with Gasteiger partial charge in [-0.05, 0) is 83.1 Å². The lowest BCUT2D eigenvalue weighted by atomic mass is 10.1. The summed E-state index contributed by atoms with van der Waals surface area (Å²) in [5.41, 5.74) is 3.03. The van der Waals surface area contributed by atoms with Gasteiger partial charge in [-0.1, -0.05) is 36.4 Å². The van der Waals surface area contributed by atoms with Crippen molar-refractivity contribution in [1.82, 2.24) is 4.90 Å². The minimum Gasteiger partial charge on any atom is -0.490 e. The van der Waals surface area contributed by atoms with Crippen molar-refractivity contribution in [3.8, 4) is 17.6 Å². The highest BCUT2D eigenvalue weighted by Gasteiger charge is 2.24. The minimum atomic E-state index is -0.248. The highest BCUT2D eigenvalue weighted by atomic mass is 127. The fourth-order valence-electron chi connectivity index (χ4n) is 4.03. The average Bonchev–Trinajstić information content (AvgIpc) is 2.92. The van der Waals surface area contributed by atoms with Crippen molar-refractivity contribution < 1.29 is 14.3 Å². The van der Waals surface area contributed by atoms with E-state index in [2.05, 4.69) is 45.7 Å². The molecule has 0 saturated carbocycles. The van der Waals surface area contributed by atoms with Crippen molar-refractivity contribution in [2.75, 3.05) is 37.7 Å². The third kappa shape index (κ3) is 6.58. The first-order valence-electron chi connectivity index (χ1n) is 11.9. The van der Waals surface area contributed by atoms with Gasteiger partial charge in [0, 0.05) is 35.4 Å². The standard InChI is InChI=1S/C29H28IN3O3/c1-2-35-28-19-23(10-13-27(28)36-21-22-8-11-25(30)12-9-22)18-24(20-31)29(34)33-16-14-32(15-17-33)26-6-4-3-5-7-26/h3-13,18-19H,2,14-17,21H2,1H3/b24-18-. The third-order valence-electron chi connectivity index (χ3n) is 5.93. The van der Waals surface area contributed by atoms with E-state index >= 15 is 0 Å². The fraction of sp³-hybridized carbons (Fsp3) is 0.241. The number of benzene rings is 3. The van der Waals surface area contributed by atoms with Gasteiger partial charge in [-0.3, -0.25) is 4.79 Å². The zero-order valence-electron chi connectivity index (χ0n) is 20.2. The van der Waals surface area contributed by atoms with Crippen LogP contribution in [0.4, 0.5) is 5.69 Å². The van der Waals surface area contributed by atoms with E-state index in [1.807, 2.05) is 67.6 Å². The topological polar surface area (TPSA) is 65.8 Å². The minimum absolute atomic E-state index is 0.109. The van der Waals surface area contributed by atoms with Gasteiger partial charge in [0.15, 0.2) is 11.5 Å². The maximum atomic E-state index is 13.1. The van der Waals surface area contributed by atoms with Crippen molar-refractivity contribution in [2.24, 2.45) is 0 Å². The fourth-order valence-corrected chi connectivity index (χ4v) is 4.39. The van der Waals surface area contributed by atoms with Crippen LogP contribution < -0.4 is 14.4 Å². The van der Waals surface area contributed by atoms with E-state index < -0.39 is 0 Å². The van der Waals surface area contributed by atoms with Gasteiger partial charge in [0.05, 0.1) is 6.61 Å². The van der Waals surface area contributed by atoms with Crippen LogP contribution in [0.5, 0.6) is 11.5 Å². The molecule has 0 spiro atoms. The second-order valence-electron chi connectivity index (χ2n) is 8.34. The van der Waals surface area contributed by atoms with E-state index in [0.717, 1.165) is 24.3 Å². The second kappa shape index (κ2) is 12.5. The summed E-state index contributed by atoms with van der Waals surface area (Å²) in [4.78, 5) is 17.1. The van der Waals surface area contributed by atoms with Crippen LogP contribution in [0, 0.1) is 14.9 Å². The number of hydrogen-bond donors (Lipinski definition) is 0. The smallest absolute Gasteiger partial charge is 0.264 e. The Labute approximate surface area is 225 Å². The van der Waals surface area contributed by atoms with Crippen LogP contribution in [0.1, 0.15) is 18.1 Å². The molecule has 6 nitrogen and oxygen atoms in total. The third-order valence-corrected chi connectivity index (χ3v) is 6.64. The molecule has 0 unspecified atom stereocenters. The highest BCUT2D eigenvalue weighted by molar-refractivity contribution is 14.1. The lowest BCUT2D eigenvalue weighted by molar-refractivity contribution is -0.126. The Morgan fingerprint density at radius 2 is 1.69 bits per heavy atom. The number of carbonyl (C=O) groups excluding carboxylic acids is 1. The Hall–Kier alpha value is -3.51. The molecule has 1 aliphatic heterocycles. The molecule has 1 aliphatic rings. The molecule has 0 N–H and O–H groups in total. The number of ether oxygens (including phenoxy) is 2. The first-order valence-corrected chi connectivity index (χ1v) is 13.0. The number of nitrogens with zero attached hydrogens (tertiary/aromatic N) is 3. The van der Waals surface area contributed by atoms with Crippen LogP contribution >= 0.6 is 22.6 Å². The molecule has 0 aliphatic carbocycles. The molecule has 7 heteroatoms. The van der Waals surface area contributed by atoms with Gasteiger partial charge >= 0.3 is 0 Å². The van der Waals surface area contributed by atoms with Gasteiger partial charge in [-0.2, -0.15) is 5.26 Å². The quantitative estimate of drug-likeness (QED) is 0.196. The largest absolute Gasteiger partial charge is 0.490 e. The summed E-state index contributed by atoms with van der Waals surface area (Å²) in [6, 6.07) is 25.9. The molecule has 184 valence electrons. The van der Waals surface area contributed by atoms with Crippen molar-refractivity contribution in [3.63, 3.8) is 0 Å². The first-order chi connectivity index (χ1) is 17.6. The van der Waals surface area contributed by atoms with Gasteiger partial charge < -0.3 is 19.3 Å². The van der Waals surface area contributed by atoms with Crippen LogP contribution in [0.25, 0.3) is 6.08 Å². The number of anilines is 1. The maximum absolute atomic E-state index is 13.1. The number of piperazine rings is 1. The summed E-state index contributed by atoms with van der Waals surface area (Å²) in [6.07, 6.45) is 1.62. The Morgan fingerprint density at radius 1 is 0.972 bits per heavy atom. The van der Waals surface area contributed by atoms with Gasteiger partial charge in [0.25, 0.3) is 5.91 Å². The molecular weight excluding hydrogens is 565 g/mol. The van der Waals surface area contributed by atoms with Crippen LogP contribution in [0.15, 0.2) is 78.4 Å². The van der Waals surface area contributed by atoms with E-state index in [4.69, 9.17) is 9.47 Å². The zero-order chi connectivity index (χ0) is 25.3. The molecule has 0 radical (unpaired) electrons. The van der Waals surface area contributed by atoms with E-state index in [1.54, 1.807) is 11.0 Å². The van der Waals surface area contributed by atoms with Crippen LogP contribution in [0.3, 0.4) is 0 Å². The Bertz CT molecular complexity index is 1250. The molecule has 0 aromatic heterocycles. The van der Waals surface area contributed by atoms with E-state index in [9.17, 15) is 10.1 Å². The Kier molecular flexibility index (Phi) is 8.85. The molecule has 3 aromatic carbocycles. The molecule has 1 fully saturated rings. The average molecular weight is 593 g/mol. The van der Waals surface area contributed by atoms with Gasteiger partial charge in [0.2, 0.25) is 0 Å². The SMILES string of the molecule is CCOc1cc(/C=C(/C#N)C(=O)N2CCN(c3ccccc3)CC2)ccc1OCc1ccc(I)cc1. The second-order valence-corrected chi connectivity index (χ2v) is 9.58. The van der Waals surface area contributed by atoms with Crippen LogP contribution in [-0.4, -0.2) is 43.6 Å². The van der Waals surface area contributed by atoms with Crippen molar-refractivity contribution >= 4 is 40.3 Å². The van der Waals surface area contributed by atoms with E-state index in [0.29, 0.717) is 43.4 Å². The van der Waals surface area contributed by atoms with Gasteiger partial charge in [0.1, 0.15) is 18.2 Å². The maximum Gasteiger partial charge on any atom is 0.264 e. The molecule has 0 atom stereocenters. The lowest BCUT2D eigenvalue weighted by Crippen LogP contribution is -2.49. The number of carbonyl (C=O) groups is 1. The predicted octanol–water partition coefficient (Wildman–Crippen LogP) is 5.52. The normalized spacial score (nSPS) is 13.8. The Morgan fingerprint density at radius 3 is 2.36 bits per heavy atom. The number of hydrogen-bond acceptors (Lipinski definition) is 5. The summed E-state index contributed by atoms with van der Waals surface area (Å²) < 4.78 is 13.0. The van der Waals surface area contributed by atoms with E-state index in [-0.39, 0.29) is 11.5 Å². The van der Waals surface area contributed by atoms with Gasteiger partial charge in [-0.25, -0.2) is 0 Å². The van der Waals surface area contributed by atoms with Crippen molar-refractivity contribution in [3.05, 3.63) is 93.1 Å². The molecule has 3 aromatic rings. The van der Waals surface area contributed by atoms with Crippen LogP contribution in [-0.2, 0) is 11.4 Å². The lowest BCUT2D eigenvalue weighted by Gasteiger charge is -2.36. The summed E-state index contributed by atoms with van der Waals surface area (Å²) in [5.74, 6) is 0.953. The van der Waals surface area contributed by atoms with Gasteiger partial charge in [-0.15, -0.1) is 0 Å². The monoisotopic (exact) mass is 593 g/mol. The molecule has 36 heavy (non-hydrogen) atoms. The number of amides is 1.